The minimum absolute atomic E-state index is 0.131. The summed E-state index contributed by atoms with van der Waals surface area (Å²) in [4.78, 5) is 15.1. The van der Waals surface area contributed by atoms with Crippen LogP contribution in [0.2, 0.25) is 0 Å². The number of hydrogen-bond acceptors (Lipinski definition) is 3. The molecule has 1 atom stereocenters. The minimum Gasteiger partial charge on any atom is -0.339 e. The Labute approximate surface area is 186 Å². The van der Waals surface area contributed by atoms with Crippen LogP contribution in [-0.2, 0) is 27.7 Å². The van der Waals surface area contributed by atoms with Crippen molar-refractivity contribution in [2.45, 2.75) is 62.3 Å². The highest BCUT2D eigenvalue weighted by Crippen LogP contribution is 2.33. The van der Waals surface area contributed by atoms with Crippen LogP contribution < -0.4 is 0 Å². The van der Waals surface area contributed by atoms with Gasteiger partial charge in [-0.25, -0.2) is 8.42 Å². The Bertz CT molecular complexity index is 1010. The molecular formula is C25H32N2O3S. The van der Waals surface area contributed by atoms with Gasteiger partial charge >= 0.3 is 0 Å². The Hall–Kier alpha value is -2.18. The predicted molar refractivity (Wildman–Crippen MR) is 122 cm³/mol. The monoisotopic (exact) mass is 440 g/mol. The molecule has 1 aliphatic carbocycles. The maximum atomic E-state index is 12.9. The lowest BCUT2D eigenvalue weighted by atomic mass is 9.87. The van der Waals surface area contributed by atoms with Crippen molar-refractivity contribution in [1.29, 1.82) is 0 Å². The molecule has 6 heteroatoms. The molecule has 1 amide bonds. The van der Waals surface area contributed by atoms with Crippen LogP contribution in [0.5, 0.6) is 0 Å². The summed E-state index contributed by atoms with van der Waals surface area (Å²) in [5.41, 5.74) is 3.61. The lowest BCUT2D eigenvalue weighted by Crippen LogP contribution is -2.35. The van der Waals surface area contributed by atoms with Gasteiger partial charge in [0, 0.05) is 26.6 Å². The zero-order valence-electron chi connectivity index (χ0n) is 18.3. The Balaban J connectivity index is 1.37. The van der Waals surface area contributed by atoms with E-state index in [1.165, 1.54) is 11.1 Å². The van der Waals surface area contributed by atoms with Crippen molar-refractivity contribution in [3.63, 3.8) is 0 Å². The molecule has 1 aliphatic heterocycles. The summed E-state index contributed by atoms with van der Waals surface area (Å²) < 4.78 is 27.2. The molecule has 5 nitrogen and oxygen atoms in total. The number of carbonyl (C=O) groups is 1. The van der Waals surface area contributed by atoms with E-state index in [-0.39, 0.29) is 11.9 Å². The van der Waals surface area contributed by atoms with Crippen LogP contribution in [0, 0.1) is 0 Å². The molecule has 0 radical (unpaired) electrons. The Morgan fingerprint density at radius 3 is 2.45 bits per heavy atom. The highest BCUT2D eigenvalue weighted by Gasteiger charge is 2.27. The predicted octanol–water partition coefficient (Wildman–Crippen LogP) is 4.33. The third kappa shape index (κ3) is 4.85. The zero-order valence-corrected chi connectivity index (χ0v) is 19.1. The van der Waals surface area contributed by atoms with E-state index in [0.717, 1.165) is 44.1 Å². The second kappa shape index (κ2) is 9.53. The van der Waals surface area contributed by atoms with Crippen molar-refractivity contribution >= 4 is 15.9 Å². The molecule has 0 bridgehead atoms. The fourth-order valence-electron chi connectivity index (χ4n) is 4.81. The first-order chi connectivity index (χ1) is 15.0. The van der Waals surface area contributed by atoms with Crippen molar-refractivity contribution in [1.82, 2.24) is 9.21 Å². The van der Waals surface area contributed by atoms with E-state index in [9.17, 15) is 13.2 Å². The number of sulfonamides is 1. The topological polar surface area (TPSA) is 57.7 Å². The summed E-state index contributed by atoms with van der Waals surface area (Å²) >= 11 is 0. The van der Waals surface area contributed by atoms with E-state index in [0.29, 0.717) is 30.8 Å². The fourth-order valence-corrected chi connectivity index (χ4v) is 6.33. The lowest BCUT2D eigenvalue weighted by molar-refractivity contribution is -0.132. The number of carbonyl (C=O) groups excluding carboxylic acids is 1. The normalized spacial score (nSPS) is 19.6. The maximum absolute atomic E-state index is 12.9. The second-order valence-electron chi connectivity index (χ2n) is 8.72. The number of fused-ring (bicyclic) bond motifs is 1. The van der Waals surface area contributed by atoms with Gasteiger partial charge in [0.15, 0.2) is 0 Å². The molecule has 2 aliphatic rings. The molecule has 166 valence electrons. The van der Waals surface area contributed by atoms with Gasteiger partial charge < -0.3 is 4.90 Å². The summed E-state index contributed by atoms with van der Waals surface area (Å²) in [5, 5.41) is 0. The first-order valence-corrected chi connectivity index (χ1v) is 12.8. The minimum atomic E-state index is -3.41. The van der Waals surface area contributed by atoms with E-state index < -0.39 is 10.0 Å². The molecule has 0 unspecified atom stereocenters. The number of nitrogens with zero attached hydrogens (tertiary/aromatic N) is 2. The summed E-state index contributed by atoms with van der Waals surface area (Å²) in [6, 6.07) is 15.6. The smallest absolute Gasteiger partial charge is 0.243 e. The van der Waals surface area contributed by atoms with Crippen LogP contribution in [0.4, 0.5) is 0 Å². The van der Waals surface area contributed by atoms with Gasteiger partial charge in [-0.05, 0) is 67.3 Å². The first-order valence-electron chi connectivity index (χ1n) is 11.4. The van der Waals surface area contributed by atoms with Crippen LogP contribution >= 0.6 is 0 Å². The fraction of sp³-hybridized carbons (Fsp3) is 0.480. The van der Waals surface area contributed by atoms with Gasteiger partial charge in [-0.3, -0.25) is 4.79 Å². The van der Waals surface area contributed by atoms with E-state index in [2.05, 4.69) is 24.3 Å². The molecule has 31 heavy (non-hydrogen) atoms. The van der Waals surface area contributed by atoms with Gasteiger partial charge in [0.2, 0.25) is 15.9 Å². The van der Waals surface area contributed by atoms with Gasteiger partial charge in [0.05, 0.1) is 10.9 Å². The summed E-state index contributed by atoms with van der Waals surface area (Å²) in [6.45, 7) is 1.21. The third-order valence-electron chi connectivity index (χ3n) is 6.70. The van der Waals surface area contributed by atoms with Crippen molar-refractivity contribution in [3.05, 3.63) is 65.2 Å². The highest BCUT2D eigenvalue weighted by atomic mass is 32.2. The van der Waals surface area contributed by atoms with Crippen molar-refractivity contribution in [3.8, 4) is 0 Å². The summed E-state index contributed by atoms with van der Waals surface area (Å²) in [5.74, 6) is 0.131. The number of amides is 1. The molecule has 1 fully saturated rings. The van der Waals surface area contributed by atoms with Crippen LogP contribution in [0.3, 0.4) is 0 Å². The highest BCUT2D eigenvalue weighted by molar-refractivity contribution is 7.89. The number of benzene rings is 2. The number of piperidine rings is 1. The Morgan fingerprint density at radius 1 is 1.00 bits per heavy atom. The zero-order chi connectivity index (χ0) is 21.8. The molecular weight excluding hydrogens is 408 g/mol. The SMILES string of the molecule is CN(C(=O)CCc1ccc(S(=O)(=O)N2CCCCC2)cc1)[C@@H]1CCCc2ccccc21. The van der Waals surface area contributed by atoms with Gasteiger partial charge in [0.25, 0.3) is 0 Å². The standard InChI is InChI=1S/C25H32N2O3S/c1-26(24-11-7-9-21-8-3-4-10-23(21)24)25(28)17-14-20-12-15-22(16-13-20)31(29,30)27-18-5-2-6-19-27/h3-4,8,10,12-13,15-16,24H,2,5-7,9,11,14,17-19H2,1H3/t24-/m1/s1. The average molecular weight is 441 g/mol. The Kier molecular flexibility index (Phi) is 6.77. The molecule has 0 N–H and O–H groups in total. The molecule has 2 aromatic rings. The molecule has 1 saturated heterocycles. The van der Waals surface area contributed by atoms with Crippen LogP contribution in [0.15, 0.2) is 53.4 Å². The Morgan fingerprint density at radius 2 is 1.71 bits per heavy atom. The number of aryl methyl sites for hydroxylation is 2. The molecule has 4 rings (SSSR count). The third-order valence-corrected chi connectivity index (χ3v) is 8.62. The first kappa shape index (κ1) is 22.0. The van der Waals surface area contributed by atoms with Gasteiger partial charge in [0.1, 0.15) is 0 Å². The largest absolute Gasteiger partial charge is 0.339 e. The quantitative estimate of drug-likeness (QED) is 0.672. The molecule has 0 spiro atoms. The number of rotatable bonds is 6. The van der Waals surface area contributed by atoms with E-state index in [4.69, 9.17) is 0 Å². The van der Waals surface area contributed by atoms with Crippen LogP contribution in [0.25, 0.3) is 0 Å². The van der Waals surface area contributed by atoms with Crippen molar-refractivity contribution in [2.24, 2.45) is 0 Å². The molecule has 0 aromatic heterocycles. The number of hydrogen-bond donors (Lipinski definition) is 0. The molecule has 2 aromatic carbocycles. The summed E-state index contributed by atoms with van der Waals surface area (Å²) in [6.07, 6.45) is 7.18. The van der Waals surface area contributed by atoms with Crippen molar-refractivity contribution < 1.29 is 13.2 Å². The van der Waals surface area contributed by atoms with E-state index in [1.807, 2.05) is 24.1 Å². The van der Waals surface area contributed by atoms with Gasteiger partial charge in [-0.2, -0.15) is 4.31 Å². The van der Waals surface area contributed by atoms with Gasteiger partial charge in [-0.1, -0.05) is 42.8 Å². The lowest BCUT2D eigenvalue weighted by Gasteiger charge is -2.33. The van der Waals surface area contributed by atoms with Gasteiger partial charge in [-0.15, -0.1) is 0 Å². The molecule has 1 heterocycles. The molecule has 0 saturated carbocycles. The van der Waals surface area contributed by atoms with Crippen LogP contribution in [-0.4, -0.2) is 43.7 Å². The van der Waals surface area contributed by atoms with E-state index >= 15 is 0 Å². The average Bonchev–Trinajstić information content (AvgIpc) is 2.82. The van der Waals surface area contributed by atoms with E-state index in [1.54, 1.807) is 16.4 Å². The van der Waals surface area contributed by atoms with Crippen molar-refractivity contribution in [2.75, 3.05) is 20.1 Å². The summed E-state index contributed by atoms with van der Waals surface area (Å²) in [7, 11) is -1.50. The second-order valence-corrected chi connectivity index (χ2v) is 10.7. The maximum Gasteiger partial charge on any atom is 0.243 e. The van der Waals surface area contributed by atoms with Crippen LogP contribution in [0.1, 0.15) is 61.3 Å².